The van der Waals surface area contributed by atoms with Crippen LogP contribution in [0.1, 0.15) is 5.56 Å². The number of nitrogens with zero attached hydrogens (tertiary/aromatic N) is 1. The second-order valence-corrected chi connectivity index (χ2v) is 2.48. The fourth-order valence-corrected chi connectivity index (χ4v) is 0.881. The van der Waals surface area contributed by atoms with E-state index in [0.717, 1.165) is 0 Å². The predicted octanol–water partition coefficient (Wildman–Crippen LogP) is 1.52. The first-order valence-corrected chi connectivity index (χ1v) is 3.92. The predicted molar refractivity (Wildman–Crippen MR) is 52.3 cm³/mol. The number of rotatable bonds is 1. The van der Waals surface area contributed by atoms with Gasteiger partial charge in [-0.3, -0.25) is 4.72 Å². The molecule has 0 saturated heterocycles. The van der Waals surface area contributed by atoms with Gasteiger partial charge in [0.25, 0.3) is 0 Å². The highest BCUT2D eigenvalue weighted by molar-refractivity contribution is 7.78. The molecule has 0 atom stereocenters. The number of benzene rings is 1. The lowest BCUT2D eigenvalue weighted by molar-refractivity contribution is 0.257. The maximum Gasteiger partial charge on any atom is 0.329 e. The Bertz CT molecular complexity index is 359. The number of amides is 2. The van der Waals surface area contributed by atoms with E-state index in [-0.39, 0.29) is 0 Å². The van der Waals surface area contributed by atoms with E-state index in [4.69, 9.17) is 5.26 Å². The second-order valence-electron chi connectivity index (χ2n) is 2.26. The molecule has 0 bridgehead atoms. The van der Waals surface area contributed by atoms with Crippen LogP contribution in [-0.2, 0) is 0 Å². The van der Waals surface area contributed by atoms with Gasteiger partial charge in [-0.1, -0.05) is 18.9 Å². The molecule has 0 heterocycles. The molecule has 0 aromatic heterocycles. The van der Waals surface area contributed by atoms with Crippen molar-refractivity contribution in [1.82, 2.24) is 4.72 Å². The molecular formula is C8H7N3OS. The minimum atomic E-state index is -0.432. The van der Waals surface area contributed by atoms with Crippen LogP contribution in [-0.4, -0.2) is 6.03 Å². The lowest BCUT2D eigenvalue weighted by atomic mass is 10.2. The van der Waals surface area contributed by atoms with Crippen molar-refractivity contribution in [2.24, 2.45) is 0 Å². The molecule has 1 rings (SSSR count). The molecule has 0 saturated carbocycles. The Hall–Kier alpha value is -1.67. The summed E-state index contributed by atoms with van der Waals surface area (Å²) < 4.78 is 2.11. The number of anilines is 1. The summed E-state index contributed by atoms with van der Waals surface area (Å²) in [6, 6.07) is 8.14. The van der Waals surface area contributed by atoms with Gasteiger partial charge < -0.3 is 5.32 Å². The molecule has 66 valence electrons. The van der Waals surface area contributed by atoms with Crippen molar-refractivity contribution in [3.63, 3.8) is 0 Å². The fourth-order valence-electron chi connectivity index (χ4n) is 0.826. The first-order chi connectivity index (χ1) is 6.26. The Kier molecular flexibility index (Phi) is 3.17. The van der Waals surface area contributed by atoms with E-state index in [0.29, 0.717) is 11.3 Å². The number of hydrogen-bond donors (Lipinski definition) is 3. The Morgan fingerprint density at radius 3 is 2.92 bits per heavy atom. The minimum Gasteiger partial charge on any atom is -0.307 e. The van der Waals surface area contributed by atoms with E-state index in [1.54, 1.807) is 24.3 Å². The van der Waals surface area contributed by atoms with Gasteiger partial charge in [-0.05, 0) is 18.2 Å². The van der Waals surface area contributed by atoms with Gasteiger partial charge in [0.2, 0.25) is 0 Å². The highest BCUT2D eigenvalue weighted by Crippen LogP contribution is 2.09. The molecule has 0 radical (unpaired) electrons. The van der Waals surface area contributed by atoms with Crippen LogP contribution in [0, 0.1) is 11.3 Å². The number of hydrogen-bond acceptors (Lipinski definition) is 3. The molecule has 1 aromatic carbocycles. The van der Waals surface area contributed by atoms with Gasteiger partial charge in [0.15, 0.2) is 0 Å². The van der Waals surface area contributed by atoms with E-state index in [2.05, 4.69) is 22.9 Å². The van der Waals surface area contributed by atoms with Crippen molar-refractivity contribution in [3.8, 4) is 6.07 Å². The standard InChI is InChI=1S/C8H7N3OS/c9-5-6-2-1-3-7(4-6)10-8(12)11-13/h1-4,13H,(H2,10,11,12). The van der Waals surface area contributed by atoms with Gasteiger partial charge in [-0.15, -0.1) is 0 Å². The monoisotopic (exact) mass is 193 g/mol. The Morgan fingerprint density at radius 2 is 2.31 bits per heavy atom. The molecule has 0 aliphatic rings. The summed E-state index contributed by atoms with van der Waals surface area (Å²) in [6.07, 6.45) is 0. The normalized spacial score (nSPS) is 8.62. The Balaban J connectivity index is 2.79. The Labute approximate surface area is 81.1 Å². The number of carbonyl (C=O) groups excluding carboxylic acids is 1. The van der Waals surface area contributed by atoms with E-state index < -0.39 is 6.03 Å². The lowest BCUT2D eigenvalue weighted by Gasteiger charge is -2.02. The summed E-state index contributed by atoms with van der Waals surface area (Å²) in [4.78, 5) is 10.8. The number of nitrogens with one attached hydrogen (secondary N) is 2. The fraction of sp³-hybridized carbons (Fsp3) is 0. The van der Waals surface area contributed by atoms with Crippen molar-refractivity contribution < 1.29 is 4.79 Å². The molecule has 0 fully saturated rings. The molecule has 0 aliphatic heterocycles. The van der Waals surface area contributed by atoms with Crippen molar-refractivity contribution >= 4 is 24.5 Å². The van der Waals surface area contributed by atoms with Crippen LogP contribution in [0.15, 0.2) is 24.3 Å². The zero-order chi connectivity index (χ0) is 9.68. The van der Waals surface area contributed by atoms with E-state index in [1.807, 2.05) is 6.07 Å². The second kappa shape index (κ2) is 4.38. The largest absolute Gasteiger partial charge is 0.329 e. The van der Waals surface area contributed by atoms with Crippen molar-refractivity contribution in [3.05, 3.63) is 29.8 Å². The molecule has 2 N–H and O–H groups in total. The third kappa shape index (κ3) is 2.69. The van der Waals surface area contributed by atoms with Crippen LogP contribution in [0.25, 0.3) is 0 Å². The zero-order valence-corrected chi connectivity index (χ0v) is 7.51. The maximum absolute atomic E-state index is 10.8. The molecule has 13 heavy (non-hydrogen) atoms. The van der Waals surface area contributed by atoms with Crippen molar-refractivity contribution in [2.75, 3.05) is 5.32 Å². The lowest BCUT2D eigenvalue weighted by Crippen LogP contribution is -2.20. The number of nitriles is 1. The number of thiol groups is 1. The Morgan fingerprint density at radius 1 is 1.54 bits per heavy atom. The first kappa shape index (κ1) is 9.42. The molecule has 0 aliphatic carbocycles. The SMILES string of the molecule is N#Cc1cccc(NC(=O)NS)c1. The summed E-state index contributed by atoms with van der Waals surface area (Å²) in [5.74, 6) is 0. The summed E-state index contributed by atoms with van der Waals surface area (Å²) >= 11 is 3.57. The summed E-state index contributed by atoms with van der Waals surface area (Å²) in [5, 5.41) is 11.0. The van der Waals surface area contributed by atoms with Gasteiger partial charge in [-0.25, -0.2) is 4.79 Å². The average Bonchev–Trinajstić information content (AvgIpc) is 2.18. The number of carbonyl (C=O) groups is 1. The van der Waals surface area contributed by atoms with E-state index in [9.17, 15) is 4.79 Å². The van der Waals surface area contributed by atoms with Gasteiger partial charge in [0, 0.05) is 5.69 Å². The highest BCUT2D eigenvalue weighted by atomic mass is 32.1. The van der Waals surface area contributed by atoms with Crippen LogP contribution >= 0.6 is 12.8 Å². The van der Waals surface area contributed by atoms with Gasteiger partial charge in [0.05, 0.1) is 11.6 Å². The molecule has 5 heteroatoms. The first-order valence-electron chi connectivity index (χ1n) is 3.47. The summed E-state index contributed by atoms with van der Waals surface area (Å²) in [5.41, 5.74) is 1.06. The van der Waals surface area contributed by atoms with Crippen LogP contribution < -0.4 is 10.0 Å². The van der Waals surface area contributed by atoms with Gasteiger partial charge in [0.1, 0.15) is 0 Å². The molecular weight excluding hydrogens is 186 g/mol. The van der Waals surface area contributed by atoms with Gasteiger partial charge in [-0.2, -0.15) is 5.26 Å². The third-order valence-corrected chi connectivity index (χ3v) is 1.55. The average molecular weight is 193 g/mol. The molecule has 0 spiro atoms. The van der Waals surface area contributed by atoms with Crippen LogP contribution in [0.4, 0.5) is 10.5 Å². The van der Waals surface area contributed by atoms with Crippen LogP contribution in [0.2, 0.25) is 0 Å². The van der Waals surface area contributed by atoms with Crippen LogP contribution in [0.5, 0.6) is 0 Å². The maximum atomic E-state index is 10.8. The quantitative estimate of drug-likeness (QED) is 0.592. The molecule has 0 unspecified atom stereocenters. The summed E-state index contributed by atoms with van der Waals surface area (Å²) in [6.45, 7) is 0. The smallest absolute Gasteiger partial charge is 0.307 e. The van der Waals surface area contributed by atoms with E-state index >= 15 is 0 Å². The van der Waals surface area contributed by atoms with E-state index in [1.165, 1.54) is 0 Å². The number of urea groups is 1. The van der Waals surface area contributed by atoms with Crippen LogP contribution in [0.3, 0.4) is 0 Å². The highest BCUT2D eigenvalue weighted by Gasteiger charge is 1.98. The van der Waals surface area contributed by atoms with Crippen molar-refractivity contribution in [1.29, 1.82) is 5.26 Å². The third-order valence-electron chi connectivity index (χ3n) is 1.35. The van der Waals surface area contributed by atoms with Crippen molar-refractivity contribution in [2.45, 2.75) is 0 Å². The summed E-state index contributed by atoms with van der Waals surface area (Å²) in [7, 11) is 0. The zero-order valence-electron chi connectivity index (χ0n) is 6.61. The minimum absolute atomic E-state index is 0.432. The topological polar surface area (TPSA) is 64.9 Å². The molecule has 2 amide bonds. The van der Waals surface area contributed by atoms with Gasteiger partial charge >= 0.3 is 6.03 Å². The molecule has 4 nitrogen and oxygen atoms in total. The molecule has 1 aromatic rings.